The van der Waals surface area contributed by atoms with Crippen molar-refractivity contribution >= 4 is 28.2 Å². The van der Waals surface area contributed by atoms with Gasteiger partial charge in [-0.15, -0.1) is 0 Å². The third kappa shape index (κ3) is 5.05. The number of ether oxygens (including phenoxy) is 1. The lowest BCUT2D eigenvalue weighted by atomic mass is 10.2. The smallest absolute Gasteiger partial charge is 0.162 e. The third-order valence-corrected chi connectivity index (χ3v) is 6.36. The van der Waals surface area contributed by atoms with E-state index in [9.17, 15) is 0 Å². The van der Waals surface area contributed by atoms with Gasteiger partial charge in [-0.1, -0.05) is 12.1 Å². The van der Waals surface area contributed by atoms with Crippen LogP contribution in [-0.2, 0) is 6.54 Å². The average Bonchev–Trinajstić information content (AvgIpc) is 3.64. The largest absolute Gasteiger partial charge is 0.494 e. The lowest BCUT2D eigenvalue weighted by molar-refractivity contribution is 0.418. The van der Waals surface area contributed by atoms with Crippen LogP contribution in [0.2, 0.25) is 0 Å². The van der Waals surface area contributed by atoms with Crippen molar-refractivity contribution in [1.82, 2.24) is 34.8 Å². The second kappa shape index (κ2) is 10.2. The highest BCUT2D eigenvalue weighted by atomic mass is 16.5. The van der Waals surface area contributed by atoms with Crippen molar-refractivity contribution < 1.29 is 4.74 Å². The number of nitrogens with one attached hydrogen (secondary N) is 3. The number of hydrogen-bond donors (Lipinski definition) is 3. The normalized spacial score (nSPS) is 15.1. The molecule has 1 saturated heterocycles. The van der Waals surface area contributed by atoms with Gasteiger partial charge in [0, 0.05) is 49.0 Å². The molecule has 10 nitrogen and oxygen atoms in total. The van der Waals surface area contributed by atoms with Crippen LogP contribution in [0.5, 0.6) is 5.75 Å². The van der Waals surface area contributed by atoms with Crippen molar-refractivity contribution in [3.05, 3.63) is 79.3 Å². The lowest BCUT2D eigenvalue weighted by Crippen LogP contribution is -2.23. The number of aromatic nitrogens is 6. The molecule has 1 aliphatic heterocycles. The fourth-order valence-electron chi connectivity index (χ4n) is 4.48. The van der Waals surface area contributed by atoms with E-state index in [0.29, 0.717) is 17.4 Å². The van der Waals surface area contributed by atoms with Crippen molar-refractivity contribution in [1.29, 1.82) is 0 Å². The summed E-state index contributed by atoms with van der Waals surface area (Å²) in [6.07, 6.45) is 11.8. The highest BCUT2D eigenvalue weighted by Gasteiger charge is 2.20. The van der Waals surface area contributed by atoms with Crippen LogP contribution in [0, 0.1) is 0 Å². The molecule has 1 aliphatic rings. The number of anilines is 3. The molecule has 186 valence electrons. The van der Waals surface area contributed by atoms with Crippen LogP contribution in [0.4, 0.5) is 17.3 Å². The Morgan fingerprint density at radius 2 is 2.00 bits per heavy atom. The summed E-state index contributed by atoms with van der Waals surface area (Å²) in [5, 5.41) is 11.2. The second-order valence-corrected chi connectivity index (χ2v) is 8.95. The van der Waals surface area contributed by atoms with Gasteiger partial charge in [0.05, 0.1) is 36.7 Å². The van der Waals surface area contributed by atoms with E-state index in [2.05, 4.69) is 43.0 Å². The SMILES string of the molecule is COc1cncc2nc(-c3ccnc(Nc4ccc(Cn5ccnc5)cc4)c3)nc(NC3CCNC3)c12. The summed E-state index contributed by atoms with van der Waals surface area (Å²) >= 11 is 0. The highest BCUT2D eigenvalue weighted by molar-refractivity contribution is 5.95. The van der Waals surface area contributed by atoms with Crippen LogP contribution >= 0.6 is 0 Å². The van der Waals surface area contributed by atoms with E-state index in [-0.39, 0.29) is 6.04 Å². The summed E-state index contributed by atoms with van der Waals surface area (Å²) in [5.41, 5.74) is 3.71. The Labute approximate surface area is 214 Å². The van der Waals surface area contributed by atoms with Crippen LogP contribution in [0.1, 0.15) is 12.0 Å². The number of pyridine rings is 2. The molecule has 0 spiro atoms. The first-order valence-electron chi connectivity index (χ1n) is 12.2. The van der Waals surface area contributed by atoms with Crippen molar-refractivity contribution in [3.63, 3.8) is 0 Å². The molecule has 0 saturated carbocycles. The van der Waals surface area contributed by atoms with E-state index in [1.807, 2.05) is 41.4 Å². The standard InChI is InChI=1S/C27H27N9O/c1-37-23-15-30-14-22-25(23)27(33-21-7-8-28-13-21)35-26(34-22)19-6-9-31-24(12-19)32-20-4-2-18(3-5-20)16-36-11-10-29-17-36/h2-6,9-12,14-15,17,21,28H,7-8,13,16H2,1H3,(H,31,32)(H,33,34,35). The van der Waals surface area contributed by atoms with Crippen LogP contribution in [0.3, 0.4) is 0 Å². The minimum absolute atomic E-state index is 0.287. The molecular formula is C27H27N9O. The Balaban J connectivity index is 1.28. The zero-order valence-electron chi connectivity index (χ0n) is 20.4. The van der Waals surface area contributed by atoms with Gasteiger partial charge in [0.1, 0.15) is 17.4 Å². The second-order valence-electron chi connectivity index (χ2n) is 8.95. The van der Waals surface area contributed by atoms with Gasteiger partial charge in [-0.3, -0.25) is 4.98 Å². The summed E-state index contributed by atoms with van der Waals surface area (Å²) < 4.78 is 7.61. The summed E-state index contributed by atoms with van der Waals surface area (Å²) in [5.74, 6) is 2.69. The van der Waals surface area contributed by atoms with E-state index in [0.717, 1.165) is 54.0 Å². The summed E-state index contributed by atoms with van der Waals surface area (Å²) in [6.45, 7) is 2.65. The number of nitrogens with zero attached hydrogens (tertiary/aromatic N) is 6. The van der Waals surface area contributed by atoms with Gasteiger partial charge in [0.2, 0.25) is 0 Å². The lowest BCUT2D eigenvalue weighted by Gasteiger charge is -2.16. The van der Waals surface area contributed by atoms with E-state index in [4.69, 9.17) is 14.7 Å². The molecule has 1 unspecified atom stereocenters. The Morgan fingerprint density at radius 1 is 1.08 bits per heavy atom. The van der Waals surface area contributed by atoms with Gasteiger partial charge in [-0.25, -0.2) is 19.9 Å². The number of hydrogen-bond acceptors (Lipinski definition) is 9. The van der Waals surface area contributed by atoms with Crippen LogP contribution in [-0.4, -0.2) is 55.7 Å². The molecule has 10 heteroatoms. The summed E-state index contributed by atoms with van der Waals surface area (Å²) in [4.78, 5) is 22.6. The van der Waals surface area contributed by atoms with Crippen molar-refractivity contribution in [3.8, 4) is 17.1 Å². The van der Waals surface area contributed by atoms with Gasteiger partial charge in [0.15, 0.2) is 5.82 Å². The van der Waals surface area contributed by atoms with Crippen LogP contribution < -0.4 is 20.7 Å². The first kappa shape index (κ1) is 22.9. The van der Waals surface area contributed by atoms with Gasteiger partial charge in [-0.05, 0) is 42.8 Å². The Bertz CT molecular complexity index is 1500. The van der Waals surface area contributed by atoms with Gasteiger partial charge < -0.3 is 25.3 Å². The number of rotatable bonds is 8. The molecule has 3 N–H and O–H groups in total. The number of methoxy groups -OCH3 is 1. The quantitative estimate of drug-likeness (QED) is 0.296. The number of benzene rings is 1. The summed E-state index contributed by atoms with van der Waals surface area (Å²) in [6, 6.07) is 12.4. The Morgan fingerprint density at radius 3 is 2.78 bits per heavy atom. The molecule has 0 amide bonds. The van der Waals surface area contributed by atoms with Crippen molar-refractivity contribution in [2.24, 2.45) is 0 Å². The monoisotopic (exact) mass is 493 g/mol. The van der Waals surface area contributed by atoms with E-state index >= 15 is 0 Å². The molecule has 5 heterocycles. The van der Waals surface area contributed by atoms with E-state index < -0.39 is 0 Å². The molecule has 1 fully saturated rings. The van der Waals surface area contributed by atoms with Gasteiger partial charge >= 0.3 is 0 Å². The zero-order valence-corrected chi connectivity index (χ0v) is 20.4. The average molecular weight is 494 g/mol. The van der Waals surface area contributed by atoms with Gasteiger partial charge in [0.25, 0.3) is 0 Å². The zero-order chi connectivity index (χ0) is 25.0. The van der Waals surface area contributed by atoms with E-state index in [1.54, 1.807) is 31.9 Å². The fraction of sp³-hybridized carbons (Fsp3) is 0.222. The Hall–Kier alpha value is -4.57. The van der Waals surface area contributed by atoms with Crippen LogP contribution in [0.15, 0.2) is 73.7 Å². The maximum Gasteiger partial charge on any atom is 0.162 e. The molecule has 4 aromatic heterocycles. The molecule has 0 radical (unpaired) electrons. The number of imidazole rings is 1. The molecule has 0 aliphatic carbocycles. The van der Waals surface area contributed by atoms with Gasteiger partial charge in [-0.2, -0.15) is 0 Å². The maximum atomic E-state index is 5.58. The van der Waals surface area contributed by atoms with Crippen molar-refractivity contribution in [2.45, 2.75) is 19.0 Å². The molecule has 6 rings (SSSR count). The van der Waals surface area contributed by atoms with E-state index in [1.165, 1.54) is 5.56 Å². The van der Waals surface area contributed by atoms with Crippen LogP contribution in [0.25, 0.3) is 22.3 Å². The fourth-order valence-corrected chi connectivity index (χ4v) is 4.48. The molecule has 1 aromatic carbocycles. The highest BCUT2D eigenvalue weighted by Crippen LogP contribution is 2.32. The topological polar surface area (TPSA) is 115 Å². The first-order valence-corrected chi connectivity index (χ1v) is 12.2. The first-order chi connectivity index (χ1) is 18.2. The molecule has 0 bridgehead atoms. The molecule has 1 atom stereocenters. The molecular weight excluding hydrogens is 466 g/mol. The van der Waals surface area contributed by atoms with Crippen molar-refractivity contribution in [2.75, 3.05) is 30.8 Å². The predicted octanol–water partition coefficient (Wildman–Crippen LogP) is 3.86. The minimum Gasteiger partial charge on any atom is -0.494 e. The third-order valence-electron chi connectivity index (χ3n) is 6.36. The maximum absolute atomic E-state index is 5.58. The number of fused-ring (bicyclic) bond motifs is 1. The molecule has 5 aromatic rings. The molecule has 37 heavy (non-hydrogen) atoms. The summed E-state index contributed by atoms with van der Waals surface area (Å²) in [7, 11) is 1.64. The minimum atomic E-state index is 0.287. The predicted molar refractivity (Wildman–Crippen MR) is 143 cm³/mol. The Kier molecular flexibility index (Phi) is 6.30.